The third-order valence-electron chi connectivity index (χ3n) is 4.50. The van der Waals surface area contributed by atoms with Gasteiger partial charge in [0.05, 0.1) is 0 Å². The van der Waals surface area contributed by atoms with Crippen LogP contribution in [0, 0.1) is 26.7 Å². The average Bonchev–Trinajstić information content (AvgIpc) is 2.85. The van der Waals surface area contributed by atoms with Gasteiger partial charge in [-0.1, -0.05) is 37.6 Å². The molecule has 1 heterocycles. The van der Waals surface area contributed by atoms with Gasteiger partial charge in [0.25, 0.3) is 0 Å². The second-order valence-corrected chi connectivity index (χ2v) is 7.69. The molecule has 0 radical (unpaired) electrons. The fourth-order valence-electron chi connectivity index (χ4n) is 3.95. The fraction of sp³-hybridized carbons (Fsp3) is 0.500. The monoisotopic (exact) mass is 325 g/mol. The molecule has 0 spiro atoms. The van der Waals surface area contributed by atoms with Crippen LogP contribution in [0.4, 0.5) is 5.69 Å². The fourth-order valence-corrected chi connectivity index (χ4v) is 3.95. The van der Waals surface area contributed by atoms with Crippen LogP contribution in [-0.2, 0) is 0 Å². The molecule has 2 rings (SSSR count). The predicted octanol–water partition coefficient (Wildman–Crippen LogP) is 5.37. The van der Waals surface area contributed by atoms with Gasteiger partial charge in [-0.3, -0.25) is 0 Å². The van der Waals surface area contributed by atoms with Crippen molar-refractivity contribution in [2.45, 2.75) is 55.4 Å². The van der Waals surface area contributed by atoms with Gasteiger partial charge in [0.15, 0.2) is 0 Å². The molecular weight excluding hydrogens is 292 g/mol. The normalized spacial score (nSPS) is 15.1. The Labute approximate surface area is 148 Å². The van der Waals surface area contributed by atoms with Crippen LogP contribution in [0.2, 0.25) is 0 Å². The third kappa shape index (κ3) is 3.98. The Morgan fingerprint density at radius 2 is 1.67 bits per heavy atom. The maximum absolute atomic E-state index is 2.42. The van der Waals surface area contributed by atoms with Crippen molar-refractivity contribution in [3.8, 4) is 0 Å². The number of allylic oxidation sites excluding steroid dienone is 3. The zero-order valence-corrected chi connectivity index (χ0v) is 16.7. The Morgan fingerprint density at radius 3 is 2.17 bits per heavy atom. The molecule has 0 aromatic heterocycles. The lowest BCUT2D eigenvalue weighted by molar-refractivity contribution is -0.458. The summed E-state index contributed by atoms with van der Waals surface area (Å²) in [6.45, 7) is 19.8. The quantitative estimate of drug-likeness (QED) is 0.533. The van der Waals surface area contributed by atoms with Gasteiger partial charge in [-0.2, -0.15) is 0 Å². The van der Waals surface area contributed by atoms with E-state index in [0.29, 0.717) is 5.92 Å². The number of anilines is 1. The summed E-state index contributed by atoms with van der Waals surface area (Å²) in [6.07, 6.45) is 4.66. The second kappa shape index (κ2) is 7.38. The van der Waals surface area contributed by atoms with E-state index >= 15 is 0 Å². The van der Waals surface area contributed by atoms with Gasteiger partial charge in [-0.05, 0) is 69.7 Å². The first-order valence-electron chi connectivity index (χ1n) is 9.03. The highest BCUT2D eigenvalue weighted by molar-refractivity contribution is 5.81. The Balaban J connectivity index is 2.42. The van der Waals surface area contributed by atoms with Gasteiger partial charge in [0, 0.05) is 0 Å². The lowest BCUT2D eigenvalue weighted by Crippen LogP contribution is -2.20. The van der Waals surface area contributed by atoms with Gasteiger partial charge < -0.3 is 0 Å². The standard InChI is InChI=1S/C22H33N2/c1-15(2)11-18(6)21(16(3)4)23-9-10-24(14-23)22-19(7)12-17(5)13-20(22)8/h11-15H,9-10H2,1-8H3/q+1/b18-11-. The number of benzene rings is 1. The van der Waals surface area contributed by atoms with Crippen LogP contribution in [0.15, 0.2) is 35.1 Å². The van der Waals surface area contributed by atoms with Crippen molar-refractivity contribution < 1.29 is 4.58 Å². The van der Waals surface area contributed by atoms with Gasteiger partial charge >= 0.3 is 0 Å². The Morgan fingerprint density at radius 1 is 1.08 bits per heavy atom. The first-order valence-corrected chi connectivity index (χ1v) is 9.03. The van der Waals surface area contributed by atoms with Crippen LogP contribution in [0.3, 0.4) is 0 Å². The van der Waals surface area contributed by atoms with Crippen LogP contribution in [-0.4, -0.2) is 24.0 Å². The zero-order valence-electron chi connectivity index (χ0n) is 16.7. The molecule has 0 N–H and O–H groups in total. The first-order chi connectivity index (χ1) is 11.2. The van der Waals surface area contributed by atoms with Crippen LogP contribution < -0.4 is 4.90 Å². The molecule has 0 amide bonds. The molecule has 2 nitrogen and oxygen atoms in total. The summed E-state index contributed by atoms with van der Waals surface area (Å²) in [5, 5.41) is 0. The molecular formula is C22H33N2+. The van der Waals surface area contributed by atoms with Crippen molar-refractivity contribution >= 4 is 12.0 Å². The number of hydrogen-bond donors (Lipinski definition) is 0. The SMILES string of the molecule is CC(C)=C(/C(C)=C\C(C)C)[N+]1=CN(c2c(C)cc(C)cc2C)CC1. The third-order valence-corrected chi connectivity index (χ3v) is 4.50. The number of hydrogen-bond acceptors (Lipinski definition) is 1. The van der Waals surface area contributed by atoms with E-state index in [4.69, 9.17) is 0 Å². The van der Waals surface area contributed by atoms with Crippen molar-refractivity contribution in [1.82, 2.24) is 0 Å². The van der Waals surface area contributed by atoms with E-state index in [1.165, 1.54) is 39.2 Å². The molecule has 1 aromatic rings. The molecule has 0 bridgehead atoms. The number of aryl methyl sites for hydroxylation is 3. The molecule has 2 heteroatoms. The molecule has 24 heavy (non-hydrogen) atoms. The van der Waals surface area contributed by atoms with E-state index in [1.54, 1.807) is 0 Å². The summed E-state index contributed by atoms with van der Waals surface area (Å²) in [5.41, 5.74) is 9.54. The Bertz CT molecular complexity index is 690. The van der Waals surface area contributed by atoms with E-state index in [2.05, 4.69) is 89.4 Å². The largest absolute Gasteiger partial charge is 0.244 e. The lowest BCUT2D eigenvalue weighted by Gasteiger charge is -2.14. The van der Waals surface area contributed by atoms with Gasteiger partial charge in [0.2, 0.25) is 6.34 Å². The highest BCUT2D eigenvalue weighted by Crippen LogP contribution is 2.28. The smallest absolute Gasteiger partial charge is 0.229 e. The molecule has 0 atom stereocenters. The van der Waals surface area contributed by atoms with E-state index in [1.807, 2.05) is 0 Å². The summed E-state index contributed by atoms with van der Waals surface area (Å²) in [6, 6.07) is 4.56. The molecule has 1 aromatic carbocycles. The van der Waals surface area contributed by atoms with Crippen LogP contribution in [0.5, 0.6) is 0 Å². The molecule has 1 aliphatic rings. The summed E-state index contributed by atoms with van der Waals surface area (Å²) in [7, 11) is 0. The molecule has 0 saturated carbocycles. The Hall–Kier alpha value is -1.83. The van der Waals surface area contributed by atoms with E-state index in [-0.39, 0.29) is 0 Å². The first kappa shape index (κ1) is 18.5. The molecule has 0 unspecified atom stereocenters. The van der Waals surface area contributed by atoms with E-state index in [9.17, 15) is 0 Å². The molecule has 130 valence electrons. The Kier molecular flexibility index (Phi) is 5.69. The van der Waals surface area contributed by atoms with Crippen molar-refractivity contribution in [3.05, 3.63) is 51.7 Å². The van der Waals surface area contributed by atoms with Crippen LogP contribution >= 0.6 is 0 Å². The van der Waals surface area contributed by atoms with Crippen molar-refractivity contribution in [1.29, 1.82) is 0 Å². The second-order valence-electron chi connectivity index (χ2n) is 7.69. The topological polar surface area (TPSA) is 6.25 Å². The summed E-state index contributed by atoms with van der Waals surface area (Å²) >= 11 is 0. The molecule has 1 aliphatic heterocycles. The summed E-state index contributed by atoms with van der Waals surface area (Å²) in [5.74, 6) is 0.569. The predicted molar refractivity (Wildman–Crippen MR) is 106 cm³/mol. The van der Waals surface area contributed by atoms with Crippen molar-refractivity contribution in [2.24, 2.45) is 5.92 Å². The maximum atomic E-state index is 2.42. The summed E-state index contributed by atoms with van der Waals surface area (Å²) in [4.78, 5) is 2.41. The number of rotatable bonds is 4. The highest BCUT2D eigenvalue weighted by Gasteiger charge is 2.27. The summed E-state index contributed by atoms with van der Waals surface area (Å²) < 4.78 is 2.42. The minimum Gasteiger partial charge on any atom is -0.229 e. The van der Waals surface area contributed by atoms with E-state index in [0.717, 1.165) is 13.1 Å². The van der Waals surface area contributed by atoms with Crippen LogP contribution in [0.1, 0.15) is 51.3 Å². The maximum Gasteiger partial charge on any atom is 0.244 e. The highest BCUT2D eigenvalue weighted by atomic mass is 15.3. The molecule has 0 aliphatic carbocycles. The van der Waals surface area contributed by atoms with Gasteiger partial charge in [0.1, 0.15) is 24.5 Å². The van der Waals surface area contributed by atoms with Crippen LogP contribution in [0.25, 0.3) is 0 Å². The zero-order chi connectivity index (χ0) is 18.0. The van der Waals surface area contributed by atoms with Crippen molar-refractivity contribution in [2.75, 3.05) is 18.0 Å². The number of nitrogens with zero attached hydrogens (tertiary/aromatic N) is 2. The van der Waals surface area contributed by atoms with Gasteiger partial charge in [-0.25, -0.2) is 9.48 Å². The molecule has 0 saturated heterocycles. The average molecular weight is 326 g/mol. The molecule has 0 fully saturated rings. The minimum absolute atomic E-state index is 0.569. The lowest BCUT2D eigenvalue weighted by atomic mass is 10.0. The van der Waals surface area contributed by atoms with Crippen molar-refractivity contribution in [3.63, 3.8) is 0 Å². The minimum atomic E-state index is 0.569. The van der Waals surface area contributed by atoms with Gasteiger partial charge in [-0.15, -0.1) is 0 Å². The van der Waals surface area contributed by atoms with E-state index < -0.39 is 0 Å².